The molecule has 0 aliphatic carbocycles. The Balaban J connectivity index is 1.88. The highest BCUT2D eigenvalue weighted by Crippen LogP contribution is 2.13. The Hall–Kier alpha value is -0.930. The minimum atomic E-state index is -0.128. The summed E-state index contributed by atoms with van der Waals surface area (Å²) in [5, 5.41) is 9.42. The van der Waals surface area contributed by atoms with Crippen LogP contribution in [0.1, 0.15) is 13.3 Å². The Kier molecular flexibility index (Phi) is 3.34. The molecule has 2 aliphatic heterocycles. The van der Waals surface area contributed by atoms with Crippen LogP contribution in [0.3, 0.4) is 0 Å². The molecule has 1 saturated heterocycles. The summed E-state index contributed by atoms with van der Waals surface area (Å²) in [5.74, 6) is 0.379. The van der Waals surface area contributed by atoms with E-state index in [1.807, 2.05) is 19.2 Å². The van der Waals surface area contributed by atoms with Crippen molar-refractivity contribution in [3.05, 3.63) is 23.9 Å². The van der Waals surface area contributed by atoms with E-state index in [9.17, 15) is 5.11 Å². The van der Waals surface area contributed by atoms with E-state index in [0.29, 0.717) is 5.92 Å². The number of rotatable bonds is 2. The van der Waals surface area contributed by atoms with Crippen molar-refractivity contribution in [1.82, 2.24) is 4.90 Å². The van der Waals surface area contributed by atoms with E-state index in [2.05, 4.69) is 22.0 Å². The zero-order valence-corrected chi connectivity index (χ0v) is 9.13. The molecule has 3 heteroatoms. The van der Waals surface area contributed by atoms with Gasteiger partial charge in [0.1, 0.15) is 0 Å². The maximum Gasteiger partial charge on any atom is 0.0679 e. The van der Waals surface area contributed by atoms with Crippen LogP contribution in [0, 0.1) is 5.92 Å². The number of hydrogen-bond acceptors (Lipinski definition) is 3. The Morgan fingerprint density at radius 3 is 3.20 bits per heavy atom. The van der Waals surface area contributed by atoms with Crippen LogP contribution in [0.15, 0.2) is 28.9 Å². The average Bonchev–Trinajstić information content (AvgIpc) is 2.48. The normalized spacial score (nSPS) is 31.7. The first kappa shape index (κ1) is 10.6. The lowest BCUT2D eigenvalue weighted by Crippen LogP contribution is -2.28. The predicted molar refractivity (Wildman–Crippen MR) is 61.9 cm³/mol. The Bertz CT molecular complexity index is 307. The van der Waals surface area contributed by atoms with Gasteiger partial charge in [-0.3, -0.25) is 9.89 Å². The summed E-state index contributed by atoms with van der Waals surface area (Å²) in [6.45, 7) is 4.79. The zero-order chi connectivity index (χ0) is 10.7. The summed E-state index contributed by atoms with van der Waals surface area (Å²) >= 11 is 0. The maximum absolute atomic E-state index is 9.42. The van der Waals surface area contributed by atoms with Crippen LogP contribution in [0.25, 0.3) is 0 Å². The summed E-state index contributed by atoms with van der Waals surface area (Å²) < 4.78 is 0. The van der Waals surface area contributed by atoms with Crippen molar-refractivity contribution < 1.29 is 5.11 Å². The molecular weight excluding hydrogens is 188 g/mol. The molecule has 3 nitrogen and oxygen atoms in total. The van der Waals surface area contributed by atoms with Crippen LogP contribution >= 0.6 is 0 Å². The lowest BCUT2D eigenvalue weighted by atomic mass is 10.1. The van der Waals surface area contributed by atoms with E-state index >= 15 is 0 Å². The summed E-state index contributed by atoms with van der Waals surface area (Å²) in [6, 6.07) is 0. The molecule has 0 aromatic rings. The number of aliphatic hydroxyl groups is 1. The van der Waals surface area contributed by atoms with Crippen molar-refractivity contribution in [3.63, 3.8) is 0 Å². The van der Waals surface area contributed by atoms with Crippen molar-refractivity contribution in [2.45, 2.75) is 19.4 Å². The van der Waals surface area contributed by atoms with Crippen LogP contribution in [0.4, 0.5) is 0 Å². The Labute approximate surface area is 90.8 Å². The van der Waals surface area contributed by atoms with Gasteiger partial charge in [0, 0.05) is 37.5 Å². The van der Waals surface area contributed by atoms with Crippen molar-refractivity contribution in [2.75, 3.05) is 19.6 Å². The third-order valence-corrected chi connectivity index (χ3v) is 2.88. The van der Waals surface area contributed by atoms with Gasteiger partial charge in [0.25, 0.3) is 0 Å². The van der Waals surface area contributed by atoms with Crippen LogP contribution in [-0.2, 0) is 0 Å². The smallest absolute Gasteiger partial charge is 0.0679 e. The maximum atomic E-state index is 9.42. The fourth-order valence-corrected chi connectivity index (χ4v) is 2.03. The number of hydrogen-bond donors (Lipinski definition) is 1. The summed E-state index contributed by atoms with van der Waals surface area (Å²) in [6.07, 6.45) is 9.04. The zero-order valence-electron chi connectivity index (χ0n) is 9.13. The van der Waals surface area contributed by atoms with Crippen LogP contribution in [0.2, 0.25) is 0 Å². The van der Waals surface area contributed by atoms with Gasteiger partial charge in [-0.2, -0.15) is 0 Å². The molecule has 0 bridgehead atoms. The van der Waals surface area contributed by atoms with Gasteiger partial charge in [-0.1, -0.05) is 12.2 Å². The molecule has 2 aliphatic rings. The molecule has 2 rings (SSSR count). The van der Waals surface area contributed by atoms with Gasteiger partial charge >= 0.3 is 0 Å². The van der Waals surface area contributed by atoms with Crippen molar-refractivity contribution in [2.24, 2.45) is 10.9 Å². The molecule has 0 aromatic carbocycles. The highest BCUT2D eigenvalue weighted by atomic mass is 16.3. The van der Waals surface area contributed by atoms with Gasteiger partial charge in [-0.05, 0) is 19.4 Å². The highest BCUT2D eigenvalue weighted by Gasteiger charge is 2.21. The Morgan fingerprint density at radius 2 is 2.47 bits per heavy atom. The number of aliphatic imine (C=N–C) groups is 1. The van der Waals surface area contributed by atoms with E-state index < -0.39 is 0 Å². The third kappa shape index (κ3) is 3.01. The average molecular weight is 206 g/mol. The summed E-state index contributed by atoms with van der Waals surface area (Å²) in [5.41, 5.74) is 1.05. The molecule has 2 atom stereocenters. The van der Waals surface area contributed by atoms with Gasteiger partial charge in [0.2, 0.25) is 0 Å². The van der Waals surface area contributed by atoms with Crippen LogP contribution in [-0.4, -0.2) is 42.0 Å². The minimum absolute atomic E-state index is 0.128. The monoisotopic (exact) mass is 206 g/mol. The van der Waals surface area contributed by atoms with Crippen LogP contribution in [0.5, 0.6) is 0 Å². The van der Waals surface area contributed by atoms with Crippen LogP contribution < -0.4 is 0 Å². The first-order chi connectivity index (χ1) is 7.24. The molecule has 15 heavy (non-hydrogen) atoms. The molecule has 2 heterocycles. The number of nitrogens with zero attached hydrogens (tertiary/aromatic N) is 2. The fourth-order valence-electron chi connectivity index (χ4n) is 2.03. The number of likely N-dealkylation sites (tertiary alicyclic amines) is 1. The van der Waals surface area contributed by atoms with E-state index in [1.54, 1.807) is 0 Å². The van der Waals surface area contributed by atoms with E-state index in [4.69, 9.17) is 0 Å². The summed E-state index contributed by atoms with van der Waals surface area (Å²) in [7, 11) is 0. The van der Waals surface area contributed by atoms with E-state index in [1.165, 1.54) is 0 Å². The quantitative estimate of drug-likeness (QED) is 0.737. The molecule has 82 valence electrons. The second-order valence-corrected chi connectivity index (χ2v) is 4.34. The first-order valence-electron chi connectivity index (χ1n) is 5.54. The number of β-amino-alcohol motifs (C(OH)–C–C–N with tert-alkyl or cyclic N) is 1. The van der Waals surface area contributed by atoms with E-state index in [0.717, 1.165) is 31.8 Å². The molecule has 0 aromatic heterocycles. The largest absolute Gasteiger partial charge is 0.392 e. The number of aliphatic hydroxyl groups excluding tert-OH is 1. The van der Waals surface area contributed by atoms with Crippen molar-refractivity contribution in [3.8, 4) is 0 Å². The standard InChI is InChI=1S/C12H18N2O/c1-10-3-2-4-11(7-13-10)8-14-6-5-12(15)9-14/h2-4,7,11-12,15H,5-6,8-9H2,1H3. The van der Waals surface area contributed by atoms with Crippen molar-refractivity contribution in [1.29, 1.82) is 0 Å². The SMILES string of the molecule is CC1=CC=CC(CN2CCC(O)C2)C=N1. The lowest BCUT2D eigenvalue weighted by Gasteiger charge is -2.17. The van der Waals surface area contributed by atoms with Gasteiger partial charge in [-0.25, -0.2) is 0 Å². The van der Waals surface area contributed by atoms with Gasteiger partial charge in [0.15, 0.2) is 0 Å². The van der Waals surface area contributed by atoms with Gasteiger partial charge in [0.05, 0.1) is 6.10 Å². The molecule has 1 N–H and O–H groups in total. The molecule has 0 spiro atoms. The second-order valence-electron chi connectivity index (χ2n) is 4.34. The predicted octanol–water partition coefficient (Wildman–Crippen LogP) is 1.21. The van der Waals surface area contributed by atoms with Gasteiger partial charge < -0.3 is 5.11 Å². The molecule has 2 unspecified atom stereocenters. The molecule has 1 fully saturated rings. The van der Waals surface area contributed by atoms with Crippen molar-refractivity contribution >= 4 is 6.21 Å². The lowest BCUT2D eigenvalue weighted by molar-refractivity contribution is 0.175. The topological polar surface area (TPSA) is 35.8 Å². The summed E-state index contributed by atoms with van der Waals surface area (Å²) in [4.78, 5) is 6.65. The Morgan fingerprint density at radius 1 is 1.60 bits per heavy atom. The molecule has 0 saturated carbocycles. The van der Waals surface area contributed by atoms with E-state index in [-0.39, 0.29) is 6.10 Å². The van der Waals surface area contributed by atoms with Gasteiger partial charge in [-0.15, -0.1) is 0 Å². The first-order valence-corrected chi connectivity index (χ1v) is 5.54. The number of allylic oxidation sites excluding steroid dienone is 3. The molecule has 0 amide bonds. The molecular formula is C12H18N2O. The third-order valence-electron chi connectivity index (χ3n) is 2.88. The second kappa shape index (κ2) is 4.73. The fraction of sp³-hybridized carbons (Fsp3) is 0.583. The minimum Gasteiger partial charge on any atom is -0.392 e. The molecule has 0 radical (unpaired) electrons. The highest BCUT2D eigenvalue weighted by molar-refractivity contribution is 5.66.